The predicted molar refractivity (Wildman–Crippen MR) is 111 cm³/mol. The van der Waals surface area contributed by atoms with E-state index in [0.717, 1.165) is 29.8 Å². The van der Waals surface area contributed by atoms with Crippen molar-refractivity contribution in [3.05, 3.63) is 41.5 Å². The molecule has 0 saturated heterocycles. The van der Waals surface area contributed by atoms with Crippen molar-refractivity contribution in [2.45, 2.75) is 47.0 Å². The summed E-state index contributed by atoms with van der Waals surface area (Å²) in [6, 6.07) is 5.45. The molecule has 0 aliphatic heterocycles. The van der Waals surface area contributed by atoms with Crippen molar-refractivity contribution in [2.75, 3.05) is 18.5 Å². The molecule has 8 heteroatoms. The van der Waals surface area contributed by atoms with Crippen molar-refractivity contribution in [1.82, 2.24) is 19.6 Å². The standard InChI is InChI=1S/C21H27N5O3/c1-5-9-28-18-8-7-16(11-19(18)29-10-6-2)25-20(27)12-17-14(3)24-21-22-13-23-26(21)15(17)4/h7-8,11,13H,5-6,9-10,12H2,1-4H3,(H,25,27). The van der Waals surface area contributed by atoms with E-state index in [-0.39, 0.29) is 12.3 Å². The number of nitrogens with one attached hydrogen (secondary N) is 1. The van der Waals surface area contributed by atoms with E-state index in [2.05, 4.69) is 27.3 Å². The third-order valence-electron chi connectivity index (χ3n) is 4.48. The fourth-order valence-electron chi connectivity index (χ4n) is 3.02. The Morgan fingerprint density at radius 3 is 2.55 bits per heavy atom. The van der Waals surface area contributed by atoms with Gasteiger partial charge in [0.2, 0.25) is 5.91 Å². The molecule has 0 spiro atoms. The number of fused-ring (bicyclic) bond motifs is 1. The molecule has 2 aromatic heterocycles. The highest BCUT2D eigenvalue weighted by Crippen LogP contribution is 2.31. The van der Waals surface area contributed by atoms with E-state index in [1.807, 2.05) is 32.9 Å². The first-order chi connectivity index (χ1) is 14.0. The van der Waals surface area contributed by atoms with Crippen LogP contribution in [-0.4, -0.2) is 38.7 Å². The summed E-state index contributed by atoms with van der Waals surface area (Å²) < 4.78 is 13.2. The van der Waals surface area contributed by atoms with Crippen LogP contribution in [0.3, 0.4) is 0 Å². The molecule has 154 valence electrons. The average molecular weight is 397 g/mol. The van der Waals surface area contributed by atoms with E-state index in [1.54, 1.807) is 10.6 Å². The molecular formula is C21H27N5O3. The number of rotatable bonds is 9. The fourth-order valence-corrected chi connectivity index (χ4v) is 3.02. The van der Waals surface area contributed by atoms with Gasteiger partial charge < -0.3 is 14.8 Å². The molecule has 0 radical (unpaired) electrons. The summed E-state index contributed by atoms with van der Waals surface area (Å²) >= 11 is 0. The second-order valence-electron chi connectivity index (χ2n) is 6.82. The Kier molecular flexibility index (Phi) is 6.64. The van der Waals surface area contributed by atoms with Crippen LogP contribution in [0.25, 0.3) is 5.78 Å². The van der Waals surface area contributed by atoms with Crippen molar-refractivity contribution in [1.29, 1.82) is 0 Å². The van der Waals surface area contributed by atoms with E-state index < -0.39 is 0 Å². The molecule has 1 N–H and O–H groups in total. The first-order valence-electron chi connectivity index (χ1n) is 9.88. The van der Waals surface area contributed by atoms with Crippen LogP contribution < -0.4 is 14.8 Å². The van der Waals surface area contributed by atoms with E-state index in [1.165, 1.54) is 6.33 Å². The molecule has 1 aromatic carbocycles. The van der Waals surface area contributed by atoms with Crippen LogP contribution in [0.2, 0.25) is 0 Å². The van der Waals surface area contributed by atoms with E-state index in [4.69, 9.17) is 9.47 Å². The summed E-state index contributed by atoms with van der Waals surface area (Å²) in [6.45, 7) is 9.09. The molecule has 0 fully saturated rings. The Morgan fingerprint density at radius 1 is 1.10 bits per heavy atom. The molecular weight excluding hydrogens is 370 g/mol. The second kappa shape index (κ2) is 9.36. The van der Waals surface area contributed by atoms with E-state index in [9.17, 15) is 4.79 Å². The average Bonchev–Trinajstić information content (AvgIpc) is 3.17. The summed E-state index contributed by atoms with van der Waals surface area (Å²) in [5, 5.41) is 7.11. The zero-order valence-corrected chi connectivity index (χ0v) is 17.4. The minimum absolute atomic E-state index is 0.138. The highest BCUT2D eigenvalue weighted by molar-refractivity contribution is 5.92. The quantitative estimate of drug-likeness (QED) is 0.594. The van der Waals surface area contributed by atoms with E-state index in [0.29, 0.717) is 36.2 Å². The molecule has 8 nitrogen and oxygen atoms in total. The zero-order chi connectivity index (χ0) is 20.8. The van der Waals surface area contributed by atoms with Crippen LogP contribution in [0.4, 0.5) is 5.69 Å². The lowest BCUT2D eigenvalue weighted by molar-refractivity contribution is -0.115. The molecule has 0 saturated carbocycles. The smallest absolute Gasteiger partial charge is 0.252 e. The minimum Gasteiger partial charge on any atom is -0.490 e. The van der Waals surface area contributed by atoms with Crippen LogP contribution in [-0.2, 0) is 11.2 Å². The normalized spacial score (nSPS) is 10.9. The van der Waals surface area contributed by atoms with Crippen LogP contribution in [0.1, 0.15) is 43.6 Å². The largest absolute Gasteiger partial charge is 0.490 e. The van der Waals surface area contributed by atoms with Gasteiger partial charge in [-0.3, -0.25) is 4.79 Å². The molecule has 3 aromatic rings. The summed E-state index contributed by atoms with van der Waals surface area (Å²) in [5.74, 6) is 1.72. The number of amides is 1. The maximum absolute atomic E-state index is 12.7. The van der Waals surface area contributed by atoms with Gasteiger partial charge in [0.25, 0.3) is 5.78 Å². The Morgan fingerprint density at radius 2 is 1.83 bits per heavy atom. The molecule has 29 heavy (non-hydrogen) atoms. The van der Waals surface area contributed by atoms with Gasteiger partial charge in [-0.05, 0) is 38.8 Å². The Labute approximate surface area is 170 Å². The third kappa shape index (κ3) is 4.82. The van der Waals surface area contributed by atoms with Crippen LogP contribution in [0, 0.1) is 13.8 Å². The highest BCUT2D eigenvalue weighted by atomic mass is 16.5. The van der Waals surface area contributed by atoms with Crippen LogP contribution in [0.5, 0.6) is 11.5 Å². The number of hydrogen-bond acceptors (Lipinski definition) is 6. The number of anilines is 1. The van der Waals surface area contributed by atoms with Crippen LogP contribution >= 0.6 is 0 Å². The summed E-state index contributed by atoms with van der Waals surface area (Å²) in [4.78, 5) is 21.2. The van der Waals surface area contributed by atoms with Gasteiger partial charge in [0.1, 0.15) is 6.33 Å². The highest BCUT2D eigenvalue weighted by Gasteiger charge is 2.15. The van der Waals surface area contributed by atoms with Gasteiger partial charge in [-0.15, -0.1) is 0 Å². The molecule has 0 atom stereocenters. The topological polar surface area (TPSA) is 90.6 Å². The van der Waals surface area contributed by atoms with Crippen LogP contribution in [0.15, 0.2) is 24.5 Å². The summed E-state index contributed by atoms with van der Waals surface area (Å²) in [6.07, 6.45) is 3.45. The van der Waals surface area contributed by atoms with Gasteiger partial charge in [0, 0.05) is 28.7 Å². The lowest BCUT2D eigenvalue weighted by Crippen LogP contribution is -2.18. The maximum Gasteiger partial charge on any atom is 0.252 e. The molecule has 0 unspecified atom stereocenters. The number of benzene rings is 1. The molecule has 0 aliphatic carbocycles. The maximum atomic E-state index is 12.7. The number of aryl methyl sites for hydroxylation is 2. The van der Waals surface area contributed by atoms with Crippen molar-refractivity contribution >= 4 is 17.4 Å². The summed E-state index contributed by atoms with van der Waals surface area (Å²) in [5.41, 5.74) is 3.13. The number of carbonyl (C=O) groups is 1. The fraction of sp³-hybridized carbons (Fsp3) is 0.429. The Bertz CT molecular complexity index is 999. The second-order valence-corrected chi connectivity index (χ2v) is 6.82. The lowest BCUT2D eigenvalue weighted by atomic mass is 10.1. The first kappa shape index (κ1) is 20.6. The van der Waals surface area contributed by atoms with Gasteiger partial charge >= 0.3 is 0 Å². The van der Waals surface area contributed by atoms with Gasteiger partial charge in [0.05, 0.1) is 19.6 Å². The minimum atomic E-state index is -0.138. The van der Waals surface area contributed by atoms with Gasteiger partial charge in [-0.2, -0.15) is 10.1 Å². The van der Waals surface area contributed by atoms with Gasteiger partial charge in [-0.25, -0.2) is 9.50 Å². The van der Waals surface area contributed by atoms with Crippen molar-refractivity contribution in [2.24, 2.45) is 0 Å². The van der Waals surface area contributed by atoms with Crippen molar-refractivity contribution in [3.63, 3.8) is 0 Å². The van der Waals surface area contributed by atoms with Crippen molar-refractivity contribution in [3.8, 4) is 11.5 Å². The number of carbonyl (C=O) groups excluding carboxylic acids is 1. The molecule has 3 rings (SSSR count). The Balaban J connectivity index is 1.76. The number of aromatic nitrogens is 4. The molecule has 1 amide bonds. The third-order valence-corrected chi connectivity index (χ3v) is 4.48. The van der Waals surface area contributed by atoms with Crippen molar-refractivity contribution < 1.29 is 14.3 Å². The number of nitrogens with zero attached hydrogens (tertiary/aromatic N) is 4. The SMILES string of the molecule is CCCOc1ccc(NC(=O)Cc2c(C)nc3ncnn3c2C)cc1OCCC. The van der Waals surface area contributed by atoms with E-state index >= 15 is 0 Å². The van der Waals surface area contributed by atoms with Gasteiger partial charge in [-0.1, -0.05) is 13.8 Å². The molecule has 0 bridgehead atoms. The molecule has 0 aliphatic rings. The zero-order valence-electron chi connectivity index (χ0n) is 17.4. The Hall–Kier alpha value is -3.16. The lowest BCUT2D eigenvalue weighted by Gasteiger charge is -2.15. The predicted octanol–water partition coefficient (Wildman–Crippen LogP) is 3.50. The molecule has 2 heterocycles. The first-order valence-corrected chi connectivity index (χ1v) is 9.88. The number of hydrogen-bond donors (Lipinski definition) is 1. The number of ether oxygens (including phenoxy) is 2. The van der Waals surface area contributed by atoms with Gasteiger partial charge in [0.15, 0.2) is 11.5 Å². The summed E-state index contributed by atoms with van der Waals surface area (Å²) in [7, 11) is 0. The monoisotopic (exact) mass is 397 g/mol.